The van der Waals surface area contributed by atoms with Gasteiger partial charge in [0.05, 0.1) is 6.04 Å². The average molecular weight is 295 g/mol. The molecule has 0 saturated carbocycles. The monoisotopic (exact) mass is 294 g/mol. The maximum absolute atomic E-state index is 13.0. The van der Waals surface area contributed by atoms with Crippen molar-refractivity contribution >= 4 is 15.9 Å². The second kappa shape index (κ2) is 4.94. The third-order valence-electron chi connectivity index (χ3n) is 2.55. The van der Waals surface area contributed by atoms with E-state index >= 15 is 0 Å². The molecule has 1 heterocycles. The minimum atomic E-state index is -0.308. The van der Waals surface area contributed by atoms with Crippen molar-refractivity contribution in [3.05, 3.63) is 63.6 Å². The molecule has 1 atom stereocenters. The number of hydrogen-bond acceptors (Lipinski definition) is 2. The molecule has 2 rings (SSSR count). The van der Waals surface area contributed by atoms with Gasteiger partial charge in [-0.2, -0.15) is 0 Å². The predicted molar refractivity (Wildman–Crippen MR) is 69.1 cm³/mol. The average Bonchev–Trinajstić information content (AvgIpc) is 2.28. The molecule has 4 heteroatoms. The van der Waals surface area contributed by atoms with Crippen molar-refractivity contribution in [2.45, 2.75) is 13.0 Å². The Kier molecular flexibility index (Phi) is 3.54. The van der Waals surface area contributed by atoms with Crippen LogP contribution in [0.4, 0.5) is 4.39 Å². The van der Waals surface area contributed by atoms with Crippen molar-refractivity contribution in [2.24, 2.45) is 5.73 Å². The molecule has 88 valence electrons. The van der Waals surface area contributed by atoms with Gasteiger partial charge in [0, 0.05) is 16.9 Å². The lowest BCUT2D eigenvalue weighted by Gasteiger charge is -2.14. The van der Waals surface area contributed by atoms with E-state index in [4.69, 9.17) is 5.73 Å². The number of benzene rings is 1. The Morgan fingerprint density at radius 2 is 2.06 bits per heavy atom. The van der Waals surface area contributed by atoms with Crippen LogP contribution in [0.3, 0.4) is 0 Å². The largest absolute Gasteiger partial charge is 0.320 e. The Balaban J connectivity index is 2.40. The quantitative estimate of drug-likeness (QED) is 0.923. The van der Waals surface area contributed by atoms with Crippen LogP contribution in [-0.2, 0) is 0 Å². The van der Waals surface area contributed by atoms with Gasteiger partial charge in [-0.3, -0.25) is 4.98 Å². The van der Waals surface area contributed by atoms with Gasteiger partial charge in [0.15, 0.2) is 0 Å². The van der Waals surface area contributed by atoms with Crippen LogP contribution >= 0.6 is 15.9 Å². The summed E-state index contributed by atoms with van der Waals surface area (Å²) >= 11 is 3.32. The summed E-state index contributed by atoms with van der Waals surface area (Å²) in [6.07, 6.45) is 3.50. The van der Waals surface area contributed by atoms with Gasteiger partial charge >= 0.3 is 0 Å². The zero-order valence-electron chi connectivity index (χ0n) is 9.32. The molecule has 0 radical (unpaired) electrons. The van der Waals surface area contributed by atoms with Gasteiger partial charge in [-0.1, -0.05) is 28.1 Å². The molecule has 1 aromatic carbocycles. The molecule has 1 aromatic heterocycles. The lowest BCUT2D eigenvalue weighted by molar-refractivity contribution is 0.625. The summed E-state index contributed by atoms with van der Waals surface area (Å²) in [7, 11) is 0. The number of halogens is 2. The Labute approximate surface area is 108 Å². The second-order valence-electron chi connectivity index (χ2n) is 3.94. The van der Waals surface area contributed by atoms with E-state index in [1.165, 1.54) is 12.1 Å². The Morgan fingerprint density at radius 3 is 2.71 bits per heavy atom. The van der Waals surface area contributed by atoms with Gasteiger partial charge in [-0.25, -0.2) is 4.39 Å². The maximum Gasteiger partial charge on any atom is 0.124 e. The van der Waals surface area contributed by atoms with Crippen molar-refractivity contribution in [2.75, 3.05) is 0 Å². The molecule has 2 aromatic rings. The van der Waals surface area contributed by atoms with Gasteiger partial charge in [-0.15, -0.1) is 0 Å². The van der Waals surface area contributed by atoms with Crippen LogP contribution in [-0.4, -0.2) is 4.98 Å². The minimum Gasteiger partial charge on any atom is -0.320 e. The number of nitrogens with two attached hydrogens (primary N) is 1. The molecular weight excluding hydrogens is 283 g/mol. The van der Waals surface area contributed by atoms with E-state index in [0.29, 0.717) is 4.47 Å². The molecule has 0 aliphatic carbocycles. The molecule has 0 aliphatic heterocycles. The van der Waals surface area contributed by atoms with E-state index in [1.807, 2.05) is 13.0 Å². The molecule has 2 N–H and O–H groups in total. The first-order valence-electron chi connectivity index (χ1n) is 5.20. The van der Waals surface area contributed by atoms with Crippen molar-refractivity contribution in [1.29, 1.82) is 0 Å². The van der Waals surface area contributed by atoms with E-state index in [2.05, 4.69) is 20.9 Å². The predicted octanol–water partition coefficient (Wildman–Crippen LogP) is 3.34. The van der Waals surface area contributed by atoms with Gasteiger partial charge in [0.1, 0.15) is 5.82 Å². The van der Waals surface area contributed by atoms with E-state index in [9.17, 15) is 4.39 Å². The van der Waals surface area contributed by atoms with Crippen LogP contribution in [0.1, 0.15) is 22.7 Å². The smallest absolute Gasteiger partial charge is 0.124 e. The summed E-state index contributed by atoms with van der Waals surface area (Å²) in [4.78, 5) is 4.11. The number of aromatic nitrogens is 1. The van der Waals surface area contributed by atoms with E-state index < -0.39 is 0 Å². The highest BCUT2D eigenvalue weighted by Crippen LogP contribution is 2.27. The minimum absolute atomic E-state index is 0.282. The lowest BCUT2D eigenvalue weighted by atomic mass is 10.0. The molecule has 0 aliphatic rings. The first-order chi connectivity index (χ1) is 8.08. The summed E-state index contributed by atoms with van der Waals surface area (Å²) < 4.78 is 13.7. The van der Waals surface area contributed by atoms with Crippen molar-refractivity contribution in [3.8, 4) is 0 Å². The van der Waals surface area contributed by atoms with Crippen LogP contribution in [0.5, 0.6) is 0 Å². The van der Waals surface area contributed by atoms with Crippen molar-refractivity contribution in [3.63, 3.8) is 0 Å². The maximum atomic E-state index is 13.0. The number of rotatable bonds is 2. The Morgan fingerprint density at radius 1 is 1.29 bits per heavy atom. The van der Waals surface area contributed by atoms with Crippen LogP contribution < -0.4 is 5.73 Å². The normalized spacial score (nSPS) is 12.5. The molecule has 0 amide bonds. The molecule has 1 unspecified atom stereocenters. The SMILES string of the molecule is Cc1cncc(C(N)c2ccc(F)cc2Br)c1. The Bertz CT molecular complexity index is 543. The van der Waals surface area contributed by atoms with Gasteiger partial charge < -0.3 is 5.73 Å². The van der Waals surface area contributed by atoms with Crippen molar-refractivity contribution in [1.82, 2.24) is 4.98 Å². The highest BCUT2D eigenvalue weighted by molar-refractivity contribution is 9.10. The van der Waals surface area contributed by atoms with Crippen LogP contribution in [0.2, 0.25) is 0 Å². The van der Waals surface area contributed by atoms with Crippen LogP contribution in [0, 0.1) is 12.7 Å². The first-order valence-corrected chi connectivity index (χ1v) is 5.99. The van der Waals surface area contributed by atoms with E-state index in [-0.39, 0.29) is 11.9 Å². The van der Waals surface area contributed by atoms with Gasteiger partial charge in [0.2, 0.25) is 0 Å². The fraction of sp³-hybridized carbons (Fsp3) is 0.154. The summed E-state index contributed by atoms with van der Waals surface area (Å²) in [6.45, 7) is 1.96. The fourth-order valence-electron chi connectivity index (χ4n) is 1.68. The zero-order valence-corrected chi connectivity index (χ0v) is 10.9. The fourth-order valence-corrected chi connectivity index (χ4v) is 2.28. The molecule has 17 heavy (non-hydrogen) atoms. The first kappa shape index (κ1) is 12.2. The summed E-state index contributed by atoms with van der Waals surface area (Å²) in [6, 6.07) is 6.18. The highest BCUT2D eigenvalue weighted by Gasteiger charge is 2.13. The number of pyridine rings is 1. The van der Waals surface area contributed by atoms with Crippen LogP contribution in [0.25, 0.3) is 0 Å². The lowest BCUT2D eigenvalue weighted by Crippen LogP contribution is -2.13. The van der Waals surface area contributed by atoms with E-state index in [0.717, 1.165) is 16.7 Å². The molecule has 0 bridgehead atoms. The topological polar surface area (TPSA) is 38.9 Å². The third kappa shape index (κ3) is 2.70. The van der Waals surface area contributed by atoms with Crippen molar-refractivity contribution < 1.29 is 4.39 Å². The summed E-state index contributed by atoms with van der Waals surface area (Å²) in [5, 5.41) is 0. The molecule has 0 fully saturated rings. The number of nitrogens with zero attached hydrogens (tertiary/aromatic N) is 1. The molecule has 0 saturated heterocycles. The number of hydrogen-bond donors (Lipinski definition) is 1. The Hall–Kier alpha value is -1.26. The summed E-state index contributed by atoms with van der Waals surface area (Å²) in [5.74, 6) is -0.282. The second-order valence-corrected chi connectivity index (χ2v) is 4.79. The van der Waals surface area contributed by atoms with Crippen LogP contribution in [0.15, 0.2) is 41.1 Å². The summed E-state index contributed by atoms with van der Waals surface area (Å²) in [5.41, 5.74) is 8.96. The molecule has 0 spiro atoms. The van der Waals surface area contributed by atoms with Gasteiger partial charge in [0.25, 0.3) is 0 Å². The standard InChI is InChI=1S/C13H12BrFN2/c1-8-4-9(7-17-6-8)13(16)11-3-2-10(15)5-12(11)14/h2-7,13H,16H2,1H3. The molecule has 2 nitrogen and oxygen atoms in total. The zero-order chi connectivity index (χ0) is 12.4. The van der Waals surface area contributed by atoms with Gasteiger partial charge in [-0.05, 0) is 35.7 Å². The highest BCUT2D eigenvalue weighted by atomic mass is 79.9. The number of aryl methyl sites for hydroxylation is 1. The third-order valence-corrected chi connectivity index (χ3v) is 3.24. The van der Waals surface area contributed by atoms with E-state index in [1.54, 1.807) is 18.5 Å². The molecular formula is C13H12BrFN2.